The summed E-state index contributed by atoms with van der Waals surface area (Å²) in [6, 6.07) is 8.14. The van der Waals surface area contributed by atoms with Crippen LogP contribution in [0.2, 0.25) is 0 Å². The molecule has 0 aromatic heterocycles. The van der Waals surface area contributed by atoms with Crippen molar-refractivity contribution in [2.45, 2.75) is 6.61 Å². The highest BCUT2D eigenvalue weighted by Gasteiger charge is 2.18. The lowest BCUT2D eigenvalue weighted by molar-refractivity contribution is -0.384. The highest BCUT2D eigenvalue weighted by Crippen LogP contribution is 2.26. The molecule has 2 aromatic rings. The second kappa shape index (κ2) is 9.48. The van der Waals surface area contributed by atoms with Gasteiger partial charge in [0.25, 0.3) is 5.69 Å². The van der Waals surface area contributed by atoms with Crippen molar-refractivity contribution in [2.24, 2.45) is 0 Å². The maximum Gasteiger partial charge on any atom is 0.338 e. The number of rotatable bonds is 9. The summed E-state index contributed by atoms with van der Waals surface area (Å²) in [4.78, 5) is 22.8. The zero-order valence-corrected chi connectivity index (χ0v) is 14.9. The minimum atomic E-state index is -0.752. The molecule has 0 aliphatic rings. The number of halogens is 1. The average Bonchev–Trinajstić information content (AvgIpc) is 2.66. The van der Waals surface area contributed by atoms with E-state index in [1.807, 2.05) is 0 Å². The number of nitro benzene ring substituents is 1. The van der Waals surface area contributed by atoms with Crippen LogP contribution < -0.4 is 10.1 Å². The fraction of sp³-hybridized carbons (Fsp3) is 0.278. The van der Waals surface area contributed by atoms with E-state index in [1.54, 1.807) is 6.07 Å². The quantitative estimate of drug-likeness (QED) is 0.310. The number of methoxy groups -OCH3 is 2. The standard InChI is InChI=1S/C18H19FN2O6/c1-25-8-7-20-15-5-4-13(10-16(15)21(23)24)18(22)27-11-12-3-6-17(26-2)14(19)9-12/h3-6,9-10,20H,7-8,11H2,1-2H3. The first-order chi connectivity index (χ1) is 13.0. The fourth-order valence-electron chi connectivity index (χ4n) is 2.28. The molecule has 0 spiro atoms. The smallest absolute Gasteiger partial charge is 0.338 e. The molecule has 0 aliphatic heterocycles. The van der Waals surface area contributed by atoms with Crippen molar-refractivity contribution in [1.82, 2.24) is 0 Å². The van der Waals surface area contributed by atoms with Crippen LogP contribution >= 0.6 is 0 Å². The van der Waals surface area contributed by atoms with Crippen molar-refractivity contribution >= 4 is 17.3 Å². The molecule has 0 saturated heterocycles. The van der Waals surface area contributed by atoms with Gasteiger partial charge in [0.2, 0.25) is 0 Å². The van der Waals surface area contributed by atoms with Gasteiger partial charge < -0.3 is 19.5 Å². The minimum Gasteiger partial charge on any atom is -0.494 e. The fourth-order valence-corrected chi connectivity index (χ4v) is 2.28. The van der Waals surface area contributed by atoms with Crippen LogP contribution in [0.5, 0.6) is 5.75 Å². The molecular weight excluding hydrogens is 359 g/mol. The van der Waals surface area contributed by atoms with Gasteiger partial charge in [0.15, 0.2) is 11.6 Å². The van der Waals surface area contributed by atoms with E-state index in [9.17, 15) is 19.3 Å². The third-order valence-corrected chi connectivity index (χ3v) is 3.64. The lowest BCUT2D eigenvalue weighted by atomic mass is 10.1. The van der Waals surface area contributed by atoms with E-state index in [1.165, 1.54) is 38.5 Å². The van der Waals surface area contributed by atoms with Crippen molar-refractivity contribution in [3.05, 3.63) is 63.5 Å². The van der Waals surface area contributed by atoms with Gasteiger partial charge in [0.1, 0.15) is 12.3 Å². The van der Waals surface area contributed by atoms with Crippen LogP contribution in [0.15, 0.2) is 36.4 Å². The minimum absolute atomic E-state index is 0.0213. The number of nitrogens with zero attached hydrogens (tertiary/aromatic N) is 1. The van der Waals surface area contributed by atoms with Gasteiger partial charge in [-0.1, -0.05) is 6.07 Å². The topological polar surface area (TPSA) is 99.9 Å². The summed E-state index contributed by atoms with van der Waals surface area (Å²) in [7, 11) is 2.86. The largest absolute Gasteiger partial charge is 0.494 e. The van der Waals surface area contributed by atoms with Gasteiger partial charge in [-0.15, -0.1) is 0 Å². The maximum atomic E-state index is 13.7. The summed E-state index contributed by atoms with van der Waals surface area (Å²) in [6.07, 6.45) is 0. The van der Waals surface area contributed by atoms with Crippen molar-refractivity contribution in [1.29, 1.82) is 0 Å². The van der Waals surface area contributed by atoms with Crippen LogP contribution in [-0.2, 0) is 16.1 Å². The molecule has 9 heteroatoms. The number of nitrogens with one attached hydrogen (secondary N) is 1. The predicted molar refractivity (Wildman–Crippen MR) is 95.5 cm³/mol. The molecule has 144 valence electrons. The molecular formula is C18H19FN2O6. The Kier molecular flexibility index (Phi) is 7.07. The molecule has 8 nitrogen and oxygen atoms in total. The van der Waals surface area contributed by atoms with Gasteiger partial charge in [-0.3, -0.25) is 10.1 Å². The van der Waals surface area contributed by atoms with Crippen LogP contribution in [0.3, 0.4) is 0 Å². The molecule has 1 N–H and O–H groups in total. The van der Waals surface area contributed by atoms with Crippen LogP contribution in [0.4, 0.5) is 15.8 Å². The van der Waals surface area contributed by atoms with E-state index in [0.717, 1.165) is 6.07 Å². The maximum absolute atomic E-state index is 13.7. The zero-order valence-electron chi connectivity index (χ0n) is 14.9. The van der Waals surface area contributed by atoms with Crippen LogP contribution in [-0.4, -0.2) is 38.3 Å². The van der Waals surface area contributed by atoms with Gasteiger partial charge in [0, 0.05) is 19.7 Å². The number of carbonyl (C=O) groups is 1. The summed E-state index contributed by atoms with van der Waals surface area (Å²) in [5, 5.41) is 14.1. The van der Waals surface area contributed by atoms with Gasteiger partial charge in [-0.05, 0) is 29.8 Å². The third-order valence-electron chi connectivity index (χ3n) is 3.64. The lowest BCUT2D eigenvalue weighted by Crippen LogP contribution is -2.11. The third kappa shape index (κ3) is 5.38. The molecule has 0 bridgehead atoms. The van der Waals surface area contributed by atoms with Crippen LogP contribution in [0, 0.1) is 15.9 Å². The van der Waals surface area contributed by atoms with Gasteiger partial charge in [-0.25, -0.2) is 9.18 Å². The Morgan fingerprint density at radius 3 is 2.63 bits per heavy atom. The van der Waals surface area contributed by atoms with E-state index in [4.69, 9.17) is 14.2 Å². The monoisotopic (exact) mass is 378 g/mol. The molecule has 27 heavy (non-hydrogen) atoms. The van der Waals surface area contributed by atoms with Crippen LogP contribution in [0.25, 0.3) is 0 Å². The van der Waals surface area contributed by atoms with Gasteiger partial charge in [-0.2, -0.15) is 0 Å². The van der Waals surface area contributed by atoms with E-state index in [2.05, 4.69) is 5.32 Å². The second-order valence-electron chi connectivity index (χ2n) is 5.45. The Hall–Kier alpha value is -3.20. The Morgan fingerprint density at radius 1 is 1.22 bits per heavy atom. The molecule has 0 amide bonds. The summed E-state index contributed by atoms with van der Waals surface area (Å²) in [5.41, 5.74) is 0.462. The highest BCUT2D eigenvalue weighted by molar-refractivity contribution is 5.91. The van der Waals surface area contributed by atoms with E-state index in [0.29, 0.717) is 18.7 Å². The molecule has 0 atom stereocenters. The first kappa shape index (κ1) is 20.1. The number of hydrogen-bond donors (Lipinski definition) is 1. The van der Waals surface area contributed by atoms with Crippen LogP contribution in [0.1, 0.15) is 15.9 Å². The Morgan fingerprint density at radius 2 is 2.00 bits per heavy atom. The van der Waals surface area contributed by atoms with Crippen molar-refractivity contribution in [3.63, 3.8) is 0 Å². The summed E-state index contributed by atoms with van der Waals surface area (Å²) in [6.45, 7) is 0.574. The predicted octanol–water partition coefficient (Wildman–Crippen LogP) is 3.16. The second-order valence-corrected chi connectivity index (χ2v) is 5.45. The number of benzene rings is 2. The average molecular weight is 378 g/mol. The number of nitro groups is 1. The highest BCUT2D eigenvalue weighted by atomic mass is 19.1. The molecule has 2 rings (SSSR count). The molecule has 0 saturated carbocycles. The number of esters is 1. The Labute approximate surface area is 155 Å². The first-order valence-corrected chi connectivity index (χ1v) is 7.97. The summed E-state index contributed by atoms with van der Waals surface area (Å²) < 4.78 is 28.5. The molecule has 2 aromatic carbocycles. The Bertz CT molecular complexity index is 827. The number of anilines is 1. The van der Waals surface area contributed by atoms with Crippen molar-refractivity contribution in [3.8, 4) is 5.75 Å². The lowest BCUT2D eigenvalue weighted by Gasteiger charge is -2.09. The normalized spacial score (nSPS) is 10.3. The van der Waals surface area contributed by atoms with Gasteiger partial charge >= 0.3 is 5.97 Å². The van der Waals surface area contributed by atoms with Crippen molar-refractivity contribution in [2.75, 3.05) is 32.7 Å². The first-order valence-electron chi connectivity index (χ1n) is 7.97. The van der Waals surface area contributed by atoms with Gasteiger partial charge in [0.05, 0.1) is 24.2 Å². The number of ether oxygens (including phenoxy) is 3. The molecule has 0 radical (unpaired) electrons. The van der Waals surface area contributed by atoms with Crippen molar-refractivity contribution < 1.29 is 28.3 Å². The summed E-state index contributed by atoms with van der Waals surface area (Å²) >= 11 is 0. The summed E-state index contributed by atoms with van der Waals surface area (Å²) in [5.74, 6) is -1.25. The molecule has 0 unspecified atom stereocenters. The molecule has 0 aliphatic carbocycles. The number of carbonyl (C=O) groups excluding carboxylic acids is 1. The van der Waals surface area contributed by atoms with E-state index >= 15 is 0 Å². The van der Waals surface area contributed by atoms with E-state index < -0.39 is 16.7 Å². The SMILES string of the molecule is COCCNc1ccc(C(=O)OCc2ccc(OC)c(F)c2)cc1[N+](=O)[O-]. The molecule has 0 heterocycles. The van der Waals surface area contributed by atoms with E-state index in [-0.39, 0.29) is 29.3 Å². The zero-order chi connectivity index (χ0) is 19.8. The Balaban J connectivity index is 2.08. The molecule has 0 fully saturated rings. The number of hydrogen-bond acceptors (Lipinski definition) is 7.